The van der Waals surface area contributed by atoms with Crippen molar-refractivity contribution in [2.24, 2.45) is 0 Å². The van der Waals surface area contributed by atoms with E-state index in [0.29, 0.717) is 22.6 Å². The van der Waals surface area contributed by atoms with Gasteiger partial charge in [-0.3, -0.25) is 24.5 Å². The first-order valence-corrected chi connectivity index (χ1v) is 6.56. The molecule has 0 saturated heterocycles. The number of aromatic nitrogens is 2. The minimum atomic E-state index is -0.495. The van der Waals surface area contributed by atoms with Crippen molar-refractivity contribution in [1.82, 2.24) is 14.9 Å². The molecule has 1 unspecified atom stereocenters. The van der Waals surface area contributed by atoms with Crippen LogP contribution in [0.1, 0.15) is 45.1 Å². The highest BCUT2D eigenvalue weighted by atomic mass is 16.2. The Kier molecular flexibility index (Phi) is 2.94. The highest BCUT2D eigenvalue weighted by Crippen LogP contribution is 2.33. The van der Waals surface area contributed by atoms with Crippen LogP contribution in [-0.4, -0.2) is 26.7 Å². The number of fused-ring (bicyclic) bond motifs is 1. The standard InChI is InChI=1S/C15H14N4O2/c1-8-13(18-7-6-17-8)9(2)19-14(20)10-4-3-5-11(16)12(10)15(19)21/h3-7,9H,16H2,1-2H3. The second-order valence-electron chi connectivity index (χ2n) is 4.95. The Morgan fingerprint density at radius 1 is 1.14 bits per heavy atom. The molecule has 2 amide bonds. The zero-order valence-corrected chi connectivity index (χ0v) is 11.7. The minimum absolute atomic E-state index is 0.274. The predicted molar refractivity (Wildman–Crippen MR) is 76.5 cm³/mol. The Labute approximate surface area is 121 Å². The molecule has 21 heavy (non-hydrogen) atoms. The number of carbonyl (C=O) groups excluding carboxylic acids is 2. The molecule has 1 aliphatic rings. The number of nitrogens with two attached hydrogens (primary N) is 1. The number of aryl methyl sites for hydroxylation is 1. The van der Waals surface area contributed by atoms with Crippen molar-refractivity contribution in [2.45, 2.75) is 19.9 Å². The fourth-order valence-corrected chi connectivity index (χ4v) is 2.63. The van der Waals surface area contributed by atoms with E-state index in [4.69, 9.17) is 5.73 Å². The predicted octanol–water partition coefficient (Wildman–Crippen LogP) is 1.72. The van der Waals surface area contributed by atoms with E-state index < -0.39 is 6.04 Å². The van der Waals surface area contributed by atoms with Gasteiger partial charge in [0, 0.05) is 18.1 Å². The van der Waals surface area contributed by atoms with Crippen molar-refractivity contribution < 1.29 is 9.59 Å². The first kappa shape index (κ1) is 13.2. The Balaban J connectivity index is 2.06. The maximum absolute atomic E-state index is 12.5. The number of amides is 2. The summed E-state index contributed by atoms with van der Waals surface area (Å²) in [6.07, 6.45) is 3.12. The van der Waals surface area contributed by atoms with E-state index in [2.05, 4.69) is 9.97 Å². The minimum Gasteiger partial charge on any atom is -0.398 e. The number of nitrogens with zero attached hydrogens (tertiary/aromatic N) is 3. The molecule has 0 saturated carbocycles. The van der Waals surface area contributed by atoms with Crippen LogP contribution in [0.15, 0.2) is 30.6 Å². The highest BCUT2D eigenvalue weighted by Gasteiger charge is 2.40. The maximum atomic E-state index is 12.5. The summed E-state index contributed by atoms with van der Waals surface area (Å²) >= 11 is 0. The Morgan fingerprint density at radius 3 is 2.52 bits per heavy atom. The van der Waals surface area contributed by atoms with E-state index in [-0.39, 0.29) is 17.4 Å². The van der Waals surface area contributed by atoms with Gasteiger partial charge in [0.05, 0.1) is 28.6 Å². The maximum Gasteiger partial charge on any atom is 0.264 e. The van der Waals surface area contributed by atoms with Crippen molar-refractivity contribution in [1.29, 1.82) is 0 Å². The lowest BCUT2D eigenvalue weighted by molar-refractivity contribution is 0.0592. The van der Waals surface area contributed by atoms with E-state index >= 15 is 0 Å². The van der Waals surface area contributed by atoms with Gasteiger partial charge in [0.15, 0.2) is 0 Å². The third kappa shape index (κ3) is 1.87. The zero-order valence-electron chi connectivity index (χ0n) is 11.7. The molecule has 0 aliphatic carbocycles. The summed E-state index contributed by atoms with van der Waals surface area (Å²) in [6, 6.07) is 4.40. The van der Waals surface area contributed by atoms with E-state index in [1.54, 1.807) is 44.4 Å². The third-order valence-electron chi connectivity index (χ3n) is 3.68. The number of hydrogen-bond acceptors (Lipinski definition) is 5. The summed E-state index contributed by atoms with van der Waals surface area (Å²) in [5.74, 6) is -0.731. The lowest BCUT2D eigenvalue weighted by atomic mass is 10.1. The van der Waals surface area contributed by atoms with Crippen LogP contribution in [0, 0.1) is 6.92 Å². The number of nitrogen functional groups attached to an aromatic ring is 1. The number of anilines is 1. The molecular formula is C15H14N4O2. The van der Waals surface area contributed by atoms with Crippen LogP contribution in [0.25, 0.3) is 0 Å². The van der Waals surface area contributed by atoms with Crippen LogP contribution in [0.5, 0.6) is 0 Å². The highest BCUT2D eigenvalue weighted by molar-refractivity contribution is 6.23. The average Bonchev–Trinajstić information content (AvgIpc) is 2.72. The molecule has 0 bridgehead atoms. The molecule has 2 heterocycles. The van der Waals surface area contributed by atoms with Crippen molar-refractivity contribution in [3.8, 4) is 0 Å². The Hall–Kier alpha value is -2.76. The number of carbonyl (C=O) groups is 2. The molecule has 2 aromatic rings. The first-order valence-electron chi connectivity index (χ1n) is 6.56. The van der Waals surface area contributed by atoms with Crippen molar-refractivity contribution in [2.75, 3.05) is 5.73 Å². The molecule has 1 aromatic heterocycles. The van der Waals surface area contributed by atoms with Gasteiger partial charge in [0.2, 0.25) is 0 Å². The molecule has 0 fully saturated rings. The molecule has 6 heteroatoms. The average molecular weight is 282 g/mol. The molecule has 1 aromatic carbocycles. The summed E-state index contributed by atoms with van der Waals surface area (Å²) < 4.78 is 0. The number of benzene rings is 1. The second kappa shape index (κ2) is 4.66. The molecule has 1 aliphatic heterocycles. The lowest BCUT2D eigenvalue weighted by Crippen LogP contribution is -2.33. The quantitative estimate of drug-likeness (QED) is 0.669. The van der Waals surface area contributed by atoms with E-state index in [9.17, 15) is 9.59 Å². The van der Waals surface area contributed by atoms with Crippen molar-refractivity contribution >= 4 is 17.5 Å². The molecule has 0 spiro atoms. The van der Waals surface area contributed by atoms with Crippen LogP contribution < -0.4 is 5.73 Å². The van der Waals surface area contributed by atoms with Crippen LogP contribution in [0.3, 0.4) is 0 Å². The van der Waals surface area contributed by atoms with Gasteiger partial charge in [-0.05, 0) is 26.0 Å². The molecular weight excluding hydrogens is 268 g/mol. The normalized spacial score (nSPS) is 15.2. The first-order chi connectivity index (χ1) is 10.0. The number of rotatable bonds is 2. The van der Waals surface area contributed by atoms with Crippen LogP contribution in [0.4, 0.5) is 5.69 Å². The van der Waals surface area contributed by atoms with Crippen LogP contribution in [0.2, 0.25) is 0 Å². The smallest absolute Gasteiger partial charge is 0.264 e. The largest absolute Gasteiger partial charge is 0.398 e. The topological polar surface area (TPSA) is 89.2 Å². The van der Waals surface area contributed by atoms with Gasteiger partial charge in [-0.2, -0.15) is 0 Å². The van der Waals surface area contributed by atoms with Gasteiger partial charge in [-0.25, -0.2) is 0 Å². The summed E-state index contributed by atoms with van der Waals surface area (Å²) in [6.45, 7) is 3.56. The van der Waals surface area contributed by atoms with Crippen LogP contribution >= 0.6 is 0 Å². The molecule has 6 nitrogen and oxygen atoms in total. The van der Waals surface area contributed by atoms with Crippen molar-refractivity contribution in [3.05, 3.63) is 53.1 Å². The van der Waals surface area contributed by atoms with Gasteiger partial charge in [0.25, 0.3) is 11.8 Å². The molecule has 3 rings (SSSR count). The Morgan fingerprint density at radius 2 is 1.86 bits per heavy atom. The molecule has 1 atom stereocenters. The zero-order chi connectivity index (χ0) is 15.1. The third-order valence-corrected chi connectivity index (χ3v) is 3.68. The molecule has 0 radical (unpaired) electrons. The summed E-state index contributed by atoms with van der Waals surface area (Å²) in [7, 11) is 0. The summed E-state index contributed by atoms with van der Waals surface area (Å²) in [4.78, 5) is 34.6. The second-order valence-corrected chi connectivity index (χ2v) is 4.95. The van der Waals surface area contributed by atoms with E-state index in [1.165, 1.54) is 4.90 Å². The van der Waals surface area contributed by atoms with Crippen molar-refractivity contribution in [3.63, 3.8) is 0 Å². The molecule has 106 valence electrons. The van der Waals surface area contributed by atoms with E-state index in [0.717, 1.165) is 0 Å². The van der Waals surface area contributed by atoms with Gasteiger partial charge >= 0.3 is 0 Å². The summed E-state index contributed by atoms with van der Waals surface area (Å²) in [5.41, 5.74) is 8.05. The number of hydrogen-bond donors (Lipinski definition) is 1. The fraction of sp³-hybridized carbons (Fsp3) is 0.200. The molecule has 2 N–H and O–H groups in total. The van der Waals surface area contributed by atoms with Crippen LogP contribution in [-0.2, 0) is 0 Å². The SMILES string of the molecule is Cc1nccnc1C(C)N1C(=O)c2cccc(N)c2C1=O. The van der Waals surface area contributed by atoms with Gasteiger partial charge in [-0.1, -0.05) is 6.07 Å². The number of imide groups is 1. The van der Waals surface area contributed by atoms with Gasteiger partial charge < -0.3 is 5.73 Å². The Bertz CT molecular complexity index is 757. The monoisotopic (exact) mass is 282 g/mol. The lowest BCUT2D eigenvalue weighted by Gasteiger charge is -2.22. The van der Waals surface area contributed by atoms with Gasteiger partial charge in [-0.15, -0.1) is 0 Å². The summed E-state index contributed by atoms with van der Waals surface area (Å²) in [5, 5.41) is 0. The van der Waals surface area contributed by atoms with Gasteiger partial charge in [0.1, 0.15) is 0 Å². The van der Waals surface area contributed by atoms with E-state index in [1.807, 2.05) is 0 Å². The fourth-order valence-electron chi connectivity index (χ4n) is 2.63.